The maximum absolute atomic E-state index is 5.78. The predicted molar refractivity (Wildman–Crippen MR) is 220 cm³/mol. The summed E-state index contributed by atoms with van der Waals surface area (Å²) in [5.74, 6) is 0. The fourth-order valence-corrected chi connectivity index (χ4v) is 8.94. The summed E-state index contributed by atoms with van der Waals surface area (Å²) in [5.41, 5.74) is 24.1. The van der Waals surface area contributed by atoms with Crippen LogP contribution in [-0.4, -0.2) is 19.9 Å². The lowest BCUT2D eigenvalue weighted by molar-refractivity contribution is 0.716. The third-order valence-corrected chi connectivity index (χ3v) is 11.5. The Morgan fingerprint density at radius 1 is 0.420 bits per heavy atom. The van der Waals surface area contributed by atoms with E-state index in [9.17, 15) is 0 Å². The van der Waals surface area contributed by atoms with Crippen LogP contribution in [0.5, 0.6) is 0 Å². The average molecular weight is 675 g/mol. The SMILES string of the molecule is CCCCCc1c2nc(c(CC)c3nc(c(CCCCC)c4[nH]c(cc5cc(CC)c1[nH]5)c(CC)c4CC)C(CC)=C3CC)C(CC)=C2CC. The number of aryl methyl sites for hydroxylation is 5. The standard InChI is InChI=1S/C46H66N4/c1-11-21-23-25-38-41-29(13-3)27-30(47-41)28-40-31(14-4)32(15-5)44(48-40)39(26-24-22-12-2)46-36(19-9)34(17-7)43(50-46)37(20-10)42-33(16-6)35(18-8)45(38)49-42/h27-28,47-48H,11-26H2,1-10H3. The first-order valence-electron chi connectivity index (χ1n) is 20.7. The van der Waals surface area contributed by atoms with E-state index < -0.39 is 0 Å². The molecule has 5 rings (SSSR count). The van der Waals surface area contributed by atoms with Gasteiger partial charge in [-0.05, 0) is 128 Å². The molecule has 4 heteroatoms. The number of unbranched alkanes of at least 4 members (excludes halogenated alkanes) is 4. The second kappa shape index (κ2) is 17.2. The number of hydrogen-bond acceptors (Lipinski definition) is 2. The number of aromatic amines is 2. The second-order valence-electron chi connectivity index (χ2n) is 14.4. The van der Waals surface area contributed by atoms with Crippen molar-refractivity contribution in [3.8, 4) is 0 Å². The molecule has 0 saturated heterocycles. The van der Waals surface area contributed by atoms with E-state index in [1.807, 2.05) is 0 Å². The van der Waals surface area contributed by atoms with Gasteiger partial charge in [-0.15, -0.1) is 0 Å². The summed E-state index contributed by atoms with van der Waals surface area (Å²) < 4.78 is 0. The van der Waals surface area contributed by atoms with Gasteiger partial charge in [0.05, 0.1) is 22.8 Å². The molecule has 5 heterocycles. The molecule has 2 aliphatic heterocycles. The second-order valence-corrected chi connectivity index (χ2v) is 14.4. The molecular formula is C46H66N4. The Morgan fingerprint density at radius 2 is 0.880 bits per heavy atom. The van der Waals surface area contributed by atoms with Crippen molar-refractivity contribution < 1.29 is 0 Å². The van der Waals surface area contributed by atoms with Gasteiger partial charge in [-0.2, -0.15) is 0 Å². The molecule has 0 fully saturated rings. The number of aromatic nitrogens is 4. The molecule has 3 aromatic heterocycles. The minimum absolute atomic E-state index is 0.921. The first-order chi connectivity index (χ1) is 24.4. The molecule has 3 aromatic rings. The van der Waals surface area contributed by atoms with Crippen LogP contribution in [0.4, 0.5) is 0 Å². The van der Waals surface area contributed by atoms with Crippen molar-refractivity contribution in [1.29, 1.82) is 0 Å². The first-order valence-corrected chi connectivity index (χ1v) is 20.7. The lowest BCUT2D eigenvalue weighted by atomic mass is 9.91. The number of nitrogens with one attached hydrogen (secondary N) is 2. The van der Waals surface area contributed by atoms with Gasteiger partial charge in [0.1, 0.15) is 0 Å². The quantitative estimate of drug-likeness (QED) is 0.149. The molecule has 0 amide bonds. The number of hydrogen-bond donors (Lipinski definition) is 2. The highest BCUT2D eigenvalue weighted by molar-refractivity contribution is 5.99. The zero-order valence-corrected chi connectivity index (χ0v) is 33.4. The third kappa shape index (κ3) is 6.93. The van der Waals surface area contributed by atoms with E-state index in [-0.39, 0.29) is 0 Å². The van der Waals surface area contributed by atoms with Crippen LogP contribution in [0.1, 0.15) is 190 Å². The Morgan fingerprint density at radius 3 is 1.30 bits per heavy atom. The minimum Gasteiger partial charge on any atom is -0.355 e. The van der Waals surface area contributed by atoms with Crippen molar-refractivity contribution in [3.05, 3.63) is 68.3 Å². The molecule has 0 radical (unpaired) electrons. The van der Waals surface area contributed by atoms with Crippen LogP contribution < -0.4 is 0 Å². The maximum Gasteiger partial charge on any atom is 0.0726 e. The van der Waals surface area contributed by atoms with Crippen molar-refractivity contribution in [2.24, 2.45) is 0 Å². The molecular weight excluding hydrogens is 609 g/mol. The van der Waals surface area contributed by atoms with Crippen LogP contribution in [0.15, 0.2) is 12.1 Å². The van der Waals surface area contributed by atoms with E-state index in [0.717, 1.165) is 64.2 Å². The zero-order valence-electron chi connectivity index (χ0n) is 33.4. The monoisotopic (exact) mass is 675 g/mol. The Bertz CT molecular complexity index is 1910. The molecule has 0 aromatic carbocycles. The normalized spacial score (nSPS) is 13.3. The molecule has 270 valence electrons. The number of allylic oxidation sites excluding steroid dienone is 4. The van der Waals surface area contributed by atoms with Crippen LogP contribution in [-0.2, 0) is 38.5 Å². The summed E-state index contributed by atoms with van der Waals surface area (Å²) in [5, 5.41) is 0. The van der Waals surface area contributed by atoms with Gasteiger partial charge in [0.2, 0.25) is 0 Å². The van der Waals surface area contributed by atoms with Crippen LogP contribution in [0.2, 0.25) is 0 Å². The molecule has 50 heavy (non-hydrogen) atoms. The van der Waals surface area contributed by atoms with Gasteiger partial charge >= 0.3 is 0 Å². The van der Waals surface area contributed by atoms with Gasteiger partial charge in [0.25, 0.3) is 0 Å². The van der Waals surface area contributed by atoms with Crippen molar-refractivity contribution in [3.63, 3.8) is 0 Å². The van der Waals surface area contributed by atoms with Crippen LogP contribution >= 0.6 is 0 Å². The minimum atomic E-state index is 0.921. The van der Waals surface area contributed by atoms with Gasteiger partial charge in [-0.1, -0.05) is 94.9 Å². The van der Waals surface area contributed by atoms with E-state index >= 15 is 0 Å². The number of fused-ring (bicyclic) bond motifs is 8. The Labute approximate surface area is 303 Å². The molecule has 2 N–H and O–H groups in total. The van der Waals surface area contributed by atoms with E-state index in [1.54, 1.807) is 0 Å². The predicted octanol–water partition coefficient (Wildman–Crippen LogP) is 13.5. The summed E-state index contributed by atoms with van der Waals surface area (Å²) >= 11 is 0. The molecule has 0 unspecified atom stereocenters. The summed E-state index contributed by atoms with van der Waals surface area (Å²) in [4.78, 5) is 19.6. The molecule has 0 aliphatic carbocycles. The zero-order chi connectivity index (χ0) is 35.9. The van der Waals surface area contributed by atoms with E-state index in [2.05, 4.69) is 91.3 Å². The number of H-pyrrole nitrogens is 2. The van der Waals surface area contributed by atoms with Crippen LogP contribution in [0.25, 0.3) is 44.4 Å². The summed E-state index contributed by atoms with van der Waals surface area (Å²) in [6.45, 7) is 23.2. The summed E-state index contributed by atoms with van der Waals surface area (Å²) in [7, 11) is 0. The lowest BCUT2D eigenvalue weighted by Crippen LogP contribution is -1.99. The smallest absolute Gasteiger partial charge is 0.0726 e. The van der Waals surface area contributed by atoms with Crippen molar-refractivity contribution in [2.75, 3.05) is 0 Å². The number of rotatable bonds is 16. The summed E-state index contributed by atoms with van der Waals surface area (Å²) in [6, 6.07) is 4.81. The molecule has 0 atom stereocenters. The van der Waals surface area contributed by atoms with Crippen LogP contribution in [0, 0.1) is 0 Å². The highest BCUT2D eigenvalue weighted by Crippen LogP contribution is 2.44. The lowest BCUT2D eigenvalue weighted by Gasteiger charge is -2.11. The molecule has 4 nitrogen and oxygen atoms in total. The van der Waals surface area contributed by atoms with Gasteiger partial charge in [-0.25, -0.2) is 9.97 Å². The van der Waals surface area contributed by atoms with Crippen molar-refractivity contribution in [2.45, 2.75) is 172 Å². The molecule has 2 aliphatic rings. The van der Waals surface area contributed by atoms with Gasteiger partial charge in [0, 0.05) is 38.8 Å². The highest BCUT2D eigenvalue weighted by atomic mass is 14.8. The van der Waals surface area contributed by atoms with Crippen LogP contribution in [0.3, 0.4) is 0 Å². The van der Waals surface area contributed by atoms with Crippen molar-refractivity contribution >= 4 is 44.4 Å². The fourth-order valence-electron chi connectivity index (χ4n) is 8.94. The topological polar surface area (TPSA) is 57.4 Å². The van der Waals surface area contributed by atoms with Gasteiger partial charge in [-0.3, -0.25) is 0 Å². The van der Waals surface area contributed by atoms with Gasteiger partial charge in [0.15, 0.2) is 0 Å². The molecule has 0 saturated carbocycles. The largest absolute Gasteiger partial charge is 0.355 e. The summed E-state index contributed by atoms with van der Waals surface area (Å²) in [6.07, 6.45) is 17.2. The Balaban J connectivity index is 2.12. The molecule has 0 spiro atoms. The molecule has 8 bridgehead atoms. The van der Waals surface area contributed by atoms with Crippen molar-refractivity contribution in [1.82, 2.24) is 19.9 Å². The van der Waals surface area contributed by atoms with E-state index in [1.165, 1.54) is 139 Å². The van der Waals surface area contributed by atoms with Gasteiger partial charge < -0.3 is 9.97 Å². The maximum atomic E-state index is 5.78. The Hall–Kier alpha value is -3.40. The van der Waals surface area contributed by atoms with E-state index in [4.69, 9.17) is 9.97 Å². The fraction of sp³-hybridized carbons (Fsp3) is 0.565. The van der Waals surface area contributed by atoms with E-state index in [0.29, 0.717) is 0 Å². The Kier molecular flexibility index (Phi) is 13.0. The highest BCUT2D eigenvalue weighted by Gasteiger charge is 2.29. The first kappa shape index (κ1) is 37.8. The average Bonchev–Trinajstić information content (AvgIpc) is 3.89. The third-order valence-electron chi connectivity index (χ3n) is 11.5. The number of nitrogens with zero attached hydrogens (tertiary/aromatic N) is 2.